The van der Waals surface area contributed by atoms with Crippen LogP contribution in [0.15, 0.2) is 36.8 Å². The van der Waals surface area contributed by atoms with Gasteiger partial charge in [0.15, 0.2) is 0 Å². The van der Waals surface area contributed by atoms with Gasteiger partial charge in [0.1, 0.15) is 11.4 Å². The molecule has 0 radical (unpaired) electrons. The van der Waals surface area contributed by atoms with E-state index in [0.717, 1.165) is 39.2 Å². The molecule has 3 aromatic heterocycles. The number of halogens is 1. The van der Waals surface area contributed by atoms with Crippen molar-refractivity contribution in [2.24, 2.45) is 7.05 Å². The van der Waals surface area contributed by atoms with Crippen molar-refractivity contribution in [2.45, 2.75) is 6.92 Å². The van der Waals surface area contributed by atoms with E-state index in [9.17, 15) is 0 Å². The number of hydrogen-bond donors (Lipinski definition) is 1. The Kier molecular flexibility index (Phi) is 3.12. The molecule has 0 aliphatic heterocycles. The van der Waals surface area contributed by atoms with E-state index in [1.54, 1.807) is 17.1 Å². The molecule has 4 rings (SSSR count). The number of rotatable bonds is 2. The van der Waals surface area contributed by atoms with Gasteiger partial charge in [-0.3, -0.25) is 14.8 Å². The van der Waals surface area contributed by atoms with E-state index in [2.05, 4.69) is 25.3 Å². The number of fused-ring (bicyclic) bond motifs is 1. The van der Waals surface area contributed by atoms with E-state index in [1.165, 1.54) is 0 Å². The van der Waals surface area contributed by atoms with Crippen LogP contribution in [0.1, 0.15) is 5.69 Å². The highest BCUT2D eigenvalue weighted by Crippen LogP contribution is 2.33. The predicted octanol–water partition coefficient (Wildman–Crippen LogP) is 3.38. The molecule has 114 valence electrons. The number of aromatic nitrogens is 6. The molecule has 4 aromatic rings. The third-order valence-electron chi connectivity index (χ3n) is 3.62. The molecule has 1 N–H and O–H groups in total. The van der Waals surface area contributed by atoms with Gasteiger partial charge >= 0.3 is 0 Å². The minimum absolute atomic E-state index is 0.601. The Morgan fingerprint density at radius 3 is 2.83 bits per heavy atom. The molecule has 0 amide bonds. The highest BCUT2D eigenvalue weighted by atomic mass is 35.5. The highest BCUT2D eigenvalue weighted by Gasteiger charge is 2.15. The number of aryl methyl sites for hydroxylation is 2. The summed E-state index contributed by atoms with van der Waals surface area (Å²) in [5.41, 5.74) is 4.81. The molecule has 0 saturated carbocycles. The molecule has 1 aromatic carbocycles. The summed E-state index contributed by atoms with van der Waals surface area (Å²) < 4.78 is 1.75. The normalized spacial score (nSPS) is 11.3. The zero-order chi connectivity index (χ0) is 16.0. The Balaban J connectivity index is 1.97. The van der Waals surface area contributed by atoms with E-state index in [0.29, 0.717) is 5.02 Å². The zero-order valence-corrected chi connectivity index (χ0v) is 13.3. The lowest BCUT2D eigenvalue weighted by molar-refractivity contribution is 0.769. The number of aromatic amines is 1. The lowest BCUT2D eigenvalue weighted by atomic mass is 10.1. The molecule has 23 heavy (non-hydrogen) atoms. The highest BCUT2D eigenvalue weighted by molar-refractivity contribution is 6.35. The van der Waals surface area contributed by atoms with Crippen molar-refractivity contribution < 1.29 is 0 Å². The largest absolute Gasteiger partial charge is 0.276 e. The average Bonchev–Trinajstić information content (AvgIpc) is 3.16. The number of hydrogen-bond acceptors (Lipinski definition) is 4. The SMILES string of the molecule is Cc1cnc(-c2cc(Cl)c3[nH]ncc3c2)c(-c2ccn(C)n2)n1. The fourth-order valence-electron chi connectivity index (χ4n) is 2.56. The molecule has 0 aliphatic carbocycles. The smallest absolute Gasteiger partial charge is 0.117 e. The van der Waals surface area contributed by atoms with Gasteiger partial charge in [-0.15, -0.1) is 0 Å². The first-order valence-electron chi connectivity index (χ1n) is 7.08. The van der Waals surface area contributed by atoms with E-state index in [-0.39, 0.29) is 0 Å². The Hall–Kier alpha value is -2.73. The summed E-state index contributed by atoms with van der Waals surface area (Å²) in [6.07, 6.45) is 5.37. The Bertz CT molecular complexity index is 1020. The molecule has 0 unspecified atom stereocenters. The first-order valence-corrected chi connectivity index (χ1v) is 7.46. The Labute approximate surface area is 137 Å². The summed E-state index contributed by atoms with van der Waals surface area (Å²) >= 11 is 6.35. The minimum atomic E-state index is 0.601. The molecule has 6 nitrogen and oxygen atoms in total. The van der Waals surface area contributed by atoms with Crippen LogP contribution < -0.4 is 0 Å². The van der Waals surface area contributed by atoms with E-state index >= 15 is 0 Å². The maximum Gasteiger partial charge on any atom is 0.117 e. The van der Waals surface area contributed by atoms with Crippen LogP contribution >= 0.6 is 11.6 Å². The topological polar surface area (TPSA) is 72.3 Å². The quantitative estimate of drug-likeness (QED) is 0.613. The summed E-state index contributed by atoms with van der Waals surface area (Å²) in [6, 6.07) is 5.79. The number of H-pyrrole nitrogens is 1. The maximum atomic E-state index is 6.35. The molecule has 0 bridgehead atoms. The molecule has 0 spiro atoms. The van der Waals surface area contributed by atoms with Crippen LogP contribution in [0.3, 0.4) is 0 Å². The zero-order valence-electron chi connectivity index (χ0n) is 12.6. The van der Waals surface area contributed by atoms with Crippen molar-refractivity contribution in [3.05, 3.63) is 47.5 Å². The van der Waals surface area contributed by atoms with Crippen molar-refractivity contribution in [2.75, 3.05) is 0 Å². The van der Waals surface area contributed by atoms with E-state index < -0.39 is 0 Å². The van der Waals surface area contributed by atoms with Crippen molar-refractivity contribution in [3.63, 3.8) is 0 Å². The lowest BCUT2D eigenvalue weighted by Gasteiger charge is -2.08. The second-order valence-corrected chi connectivity index (χ2v) is 5.78. The van der Waals surface area contributed by atoms with Crippen LogP contribution in [0, 0.1) is 6.92 Å². The van der Waals surface area contributed by atoms with Gasteiger partial charge in [-0.2, -0.15) is 10.2 Å². The van der Waals surface area contributed by atoms with E-state index in [1.807, 2.05) is 38.4 Å². The van der Waals surface area contributed by atoms with Gasteiger partial charge < -0.3 is 0 Å². The van der Waals surface area contributed by atoms with Crippen LogP contribution in [0.2, 0.25) is 5.02 Å². The summed E-state index contributed by atoms with van der Waals surface area (Å²) in [5, 5.41) is 12.9. The van der Waals surface area contributed by atoms with Crippen LogP contribution in [0.5, 0.6) is 0 Å². The molecule has 7 heteroatoms. The first-order chi connectivity index (χ1) is 11.1. The summed E-state index contributed by atoms with van der Waals surface area (Å²) in [4.78, 5) is 9.19. The summed E-state index contributed by atoms with van der Waals surface area (Å²) in [7, 11) is 1.88. The molecule has 0 aliphatic rings. The van der Waals surface area contributed by atoms with Gasteiger partial charge in [0, 0.05) is 30.4 Å². The van der Waals surface area contributed by atoms with Crippen LogP contribution in [0.4, 0.5) is 0 Å². The number of nitrogens with one attached hydrogen (secondary N) is 1. The third kappa shape index (κ3) is 2.37. The molecular weight excluding hydrogens is 312 g/mol. The molecule has 0 fully saturated rings. The number of benzene rings is 1. The second kappa shape index (κ2) is 5.17. The third-order valence-corrected chi connectivity index (χ3v) is 3.92. The molecular formula is C16H13ClN6. The standard InChI is InChI=1S/C16H13ClN6/c1-9-7-18-15(16(20-9)13-3-4-23(2)22-13)10-5-11-8-19-21-14(11)12(17)6-10/h3-8H,1-2H3,(H,19,21). The molecule has 0 atom stereocenters. The van der Waals surface area contributed by atoms with Crippen LogP contribution in [-0.2, 0) is 7.05 Å². The van der Waals surface area contributed by atoms with Crippen molar-refractivity contribution in [1.29, 1.82) is 0 Å². The second-order valence-electron chi connectivity index (χ2n) is 5.38. The van der Waals surface area contributed by atoms with Gasteiger partial charge in [-0.05, 0) is 25.1 Å². The monoisotopic (exact) mass is 324 g/mol. The van der Waals surface area contributed by atoms with Gasteiger partial charge in [0.2, 0.25) is 0 Å². The van der Waals surface area contributed by atoms with Crippen molar-refractivity contribution >= 4 is 22.5 Å². The van der Waals surface area contributed by atoms with Crippen LogP contribution in [-0.4, -0.2) is 29.9 Å². The minimum Gasteiger partial charge on any atom is -0.276 e. The first kappa shape index (κ1) is 13.9. The molecule has 0 saturated heterocycles. The fraction of sp³-hybridized carbons (Fsp3) is 0.125. The van der Waals surface area contributed by atoms with Gasteiger partial charge in [0.25, 0.3) is 0 Å². The summed E-state index contributed by atoms with van der Waals surface area (Å²) in [5.74, 6) is 0. The van der Waals surface area contributed by atoms with Gasteiger partial charge in [-0.25, -0.2) is 4.98 Å². The number of nitrogens with zero attached hydrogens (tertiary/aromatic N) is 5. The van der Waals surface area contributed by atoms with Gasteiger partial charge in [-0.1, -0.05) is 11.6 Å². The van der Waals surface area contributed by atoms with E-state index in [4.69, 9.17) is 11.6 Å². The predicted molar refractivity (Wildman–Crippen MR) is 89.1 cm³/mol. The fourth-order valence-corrected chi connectivity index (χ4v) is 2.83. The van der Waals surface area contributed by atoms with Crippen molar-refractivity contribution in [3.8, 4) is 22.6 Å². The van der Waals surface area contributed by atoms with Gasteiger partial charge in [0.05, 0.1) is 28.1 Å². The average molecular weight is 325 g/mol. The Morgan fingerprint density at radius 2 is 2.04 bits per heavy atom. The lowest BCUT2D eigenvalue weighted by Crippen LogP contribution is -1.97. The van der Waals surface area contributed by atoms with Crippen LogP contribution in [0.25, 0.3) is 33.5 Å². The Morgan fingerprint density at radius 1 is 1.17 bits per heavy atom. The van der Waals surface area contributed by atoms with Crippen molar-refractivity contribution in [1.82, 2.24) is 29.9 Å². The maximum absolute atomic E-state index is 6.35. The molecule has 3 heterocycles. The summed E-state index contributed by atoms with van der Waals surface area (Å²) in [6.45, 7) is 1.91.